The number of aryl methyl sites for hydroxylation is 2. The van der Waals surface area contributed by atoms with Crippen molar-refractivity contribution >= 4 is 33.2 Å². The number of thiazole rings is 1. The van der Waals surface area contributed by atoms with Crippen LogP contribution in [0.5, 0.6) is 5.75 Å². The van der Waals surface area contributed by atoms with Gasteiger partial charge < -0.3 is 10.1 Å². The molecule has 0 aliphatic carbocycles. The lowest BCUT2D eigenvalue weighted by molar-refractivity contribution is 0.416. The van der Waals surface area contributed by atoms with Crippen molar-refractivity contribution < 1.29 is 4.74 Å². The van der Waals surface area contributed by atoms with Crippen LogP contribution in [-0.4, -0.2) is 22.1 Å². The van der Waals surface area contributed by atoms with Gasteiger partial charge in [-0.2, -0.15) is 0 Å². The lowest BCUT2D eigenvalue weighted by Gasteiger charge is -2.13. The molecule has 0 atom stereocenters. The normalized spacial score (nSPS) is 10.8. The van der Waals surface area contributed by atoms with Gasteiger partial charge in [0.15, 0.2) is 5.82 Å². The van der Waals surface area contributed by atoms with E-state index in [1.807, 2.05) is 6.07 Å². The summed E-state index contributed by atoms with van der Waals surface area (Å²) in [6.07, 6.45) is 1.54. The molecule has 102 valence electrons. The van der Waals surface area contributed by atoms with E-state index in [1.165, 1.54) is 28.8 Å². The first-order valence-electron chi connectivity index (χ1n) is 6.15. The Morgan fingerprint density at radius 2 is 1.90 bits per heavy atom. The average molecular weight is 286 g/mol. The third-order valence-electron chi connectivity index (χ3n) is 3.20. The zero-order valence-electron chi connectivity index (χ0n) is 11.5. The number of hydrogen-bond acceptors (Lipinski definition) is 6. The van der Waals surface area contributed by atoms with Gasteiger partial charge in [0.25, 0.3) is 0 Å². The highest BCUT2D eigenvalue weighted by Crippen LogP contribution is 2.32. The van der Waals surface area contributed by atoms with Crippen LogP contribution >= 0.6 is 11.3 Å². The molecule has 0 aliphatic heterocycles. The fraction of sp³-hybridized carbons (Fsp3) is 0.214. The van der Waals surface area contributed by atoms with Crippen LogP contribution in [0.2, 0.25) is 0 Å². The highest BCUT2D eigenvalue weighted by molar-refractivity contribution is 7.16. The second-order valence-electron chi connectivity index (χ2n) is 4.49. The summed E-state index contributed by atoms with van der Waals surface area (Å²) in [7, 11) is 1.66. The van der Waals surface area contributed by atoms with Crippen LogP contribution < -0.4 is 10.1 Å². The summed E-state index contributed by atoms with van der Waals surface area (Å²) in [6.45, 7) is 4.13. The number of anilines is 2. The van der Waals surface area contributed by atoms with E-state index in [0.717, 1.165) is 21.8 Å². The summed E-state index contributed by atoms with van der Waals surface area (Å²) >= 11 is 1.49. The summed E-state index contributed by atoms with van der Waals surface area (Å²) in [4.78, 5) is 13.6. The molecule has 1 N–H and O–H groups in total. The number of hydrogen-bond donors (Lipinski definition) is 1. The molecule has 3 aromatic rings. The highest BCUT2D eigenvalue weighted by atomic mass is 32.1. The van der Waals surface area contributed by atoms with E-state index in [-0.39, 0.29) is 0 Å². The van der Waals surface area contributed by atoms with Crippen molar-refractivity contribution in [3.05, 3.63) is 35.1 Å². The second-order valence-corrected chi connectivity index (χ2v) is 5.32. The molecule has 0 bridgehead atoms. The van der Waals surface area contributed by atoms with Gasteiger partial charge in [0.2, 0.25) is 0 Å². The Morgan fingerprint density at radius 3 is 2.70 bits per heavy atom. The van der Waals surface area contributed by atoms with E-state index in [4.69, 9.17) is 4.74 Å². The Morgan fingerprint density at radius 1 is 1.10 bits per heavy atom. The molecule has 0 spiro atoms. The van der Waals surface area contributed by atoms with Gasteiger partial charge in [-0.15, -0.1) is 11.3 Å². The van der Waals surface area contributed by atoms with Gasteiger partial charge in [0.05, 0.1) is 18.3 Å². The first-order valence-corrected chi connectivity index (χ1v) is 7.03. The molecule has 1 aromatic carbocycles. The minimum atomic E-state index is 0.692. The van der Waals surface area contributed by atoms with E-state index in [0.29, 0.717) is 5.82 Å². The van der Waals surface area contributed by atoms with Crippen LogP contribution in [0, 0.1) is 13.8 Å². The summed E-state index contributed by atoms with van der Waals surface area (Å²) in [5, 5.41) is 3.29. The summed E-state index contributed by atoms with van der Waals surface area (Å²) in [5.74, 6) is 1.48. The van der Waals surface area contributed by atoms with Gasteiger partial charge in [0, 0.05) is 0 Å². The molecule has 0 saturated carbocycles. The second kappa shape index (κ2) is 5.05. The lowest BCUT2D eigenvalue weighted by atomic mass is 10.1. The maximum Gasteiger partial charge on any atom is 0.161 e. The Balaban J connectivity index is 2.07. The van der Waals surface area contributed by atoms with Crippen LogP contribution in [-0.2, 0) is 0 Å². The molecule has 5 nitrogen and oxygen atoms in total. The van der Waals surface area contributed by atoms with Crippen molar-refractivity contribution in [2.24, 2.45) is 0 Å². The van der Waals surface area contributed by atoms with Crippen molar-refractivity contribution in [2.45, 2.75) is 13.8 Å². The average Bonchev–Trinajstić information content (AvgIpc) is 2.92. The summed E-state index contributed by atoms with van der Waals surface area (Å²) in [5.41, 5.74) is 5.80. The molecule has 0 aliphatic rings. The molecule has 0 saturated heterocycles. The van der Waals surface area contributed by atoms with Crippen LogP contribution in [0.25, 0.3) is 10.3 Å². The third kappa shape index (κ3) is 2.18. The number of ether oxygens (including phenoxy) is 1. The van der Waals surface area contributed by atoms with E-state index < -0.39 is 0 Å². The molecule has 0 fully saturated rings. The molecule has 6 heteroatoms. The lowest BCUT2D eigenvalue weighted by Crippen LogP contribution is -1.99. The van der Waals surface area contributed by atoms with Crippen LogP contribution in [0.15, 0.2) is 24.0 Å². The minimum absolute atomic E-state index is 0.692. The molecular formula is C14H14N4OS. The van der Waals surface area contributed by atoms with Crippen molar-refractivity contribution in [1.82, 2.24) is 15.0 Å². The first kappa shape index (κ1) is 12.8. The van der Waals surface area contributed by atoms with Gasteiger partial charge in [-0.25, -0.2) is 15.0 Å². The van der Waals surface area contributed by atoms with E-state index in [9.17, 15) is 0 Å². The predicted molar refractivity (Wildman–Crippen MR) is 81.0 cm³/mol. The maximum absolute atomic E-state index is 5.42. The predicted octanol–water partition coefficient (Wildman–Crippen LogP) is 3.46. The molecule has 0 radical (unpaired) electrons. The van der Waals surface area contributed by atoms with Crippen molar-refractivity contribution in [2.75, 3.05) is 12.4 Å². The maximum atomic E-state index is 5.42. The van der Waals surface area contributed by atoms with E-state index in [1.54, 1.807) is 12.6 Å². The topological polar surface area (TPSA) is 59.9 Å². The summed E-state index contributed by atoms with van der Waals surface area (Å²) in [6, 6.07) is 4.06. The monoisotopic (exact) mass is 286 g/mol. The number of fused-ring (bicyclic) bond motifs is 1. The molecule has 3 rings (SSSR count). The molecule has 2 heterocycles. The van der Waals surface area contributed by atoms with Crippen LogP contribution in [0.3, 0.4) is 0 Å². The van der Waals surface area contributed by atoms with Gasteiger partial charge in [0.1, 0.15) is 22.4 Å². The van der Waals surface area contributed by atoms with Crippen molar-refractivity contribution in [3.8, 4) is 5.75 Å². The first-order chi connectivity index (χ1) is 9.69. The third-order valence-corrected chi connectivity index (χ3v) is 3.94. The molecule has 20 heavy (non-hydrogen) atoms. The van der Waals surface area contributed by atoms with Gasteiger partial charge in [-0.1, -0.05) is 0 Å². The Hall–Kier alpha value is -2.21. The fourth-order valence-corrected chi connectivity index (χ4v) is 2.60. The Kier molecular flexibility index (Phi) is 3.23. The number of benzene rings is 1. The van der Waals surface area contributed by atoms with Crippen molar-refractivity contribution in [3.63, 3.8) is 0 Å². The number of aromatic nitrogens is 3. The van der Waals surface area contributed by atoms with Gasteiger partial charge in [-0.05, 0) is 37.1 Å². The van der Waals surface area contributed by atoms with Gasteiger partial charge in [-0.3, -0.25) is 0 Å². The highest BCUT2D eigenvalue weighted by Gasteiger charge is 2.11. The Labute approximate surface area is 120 Å². The molecular weight excluding hydrogens is 272 g/mol. The van der Waals surface area contributed by atoms with Crippen molar-refractivity contribution in [1.29, 1.82) is 0 Å². The van der Waals surface area contributed by atoms with Gasteiger partial charge >= 0.3 is 0 Å². The SMILES string of the molecule is COc1cc(C)c(C)cc1Nc1ncnc2scnc12. The number of methoxy groups -OCH3 is 1. The molecule has 0 unspecified atom stereocenters. The fourth-order valence-electron chi connectivity index (χ4n) is 1.97. The standard InChI is InChI=1S/C14H14N4OS/c1-8-4-10(11(19-3)5-9(8)2)18-13-12-14(16-6-15-13)20-7-17-12/h4-7H,1-3H3,(H,15,16,18). The number of nitrogens with one attached hydrogen (secondary N) is 1. The van der Waals surface area contributed by atoms with Crippen LogP contribution in [0.4, 0.5) is 11.5 Å². The van der Waals surface area contributed by atoms with Crippen LogP contribution in [0.1, 0.15) is 11.1 Å². The zero-order chi connectivity index (χ0) is 14.1. The Bertz CT molecular complexity index is 769. The summed E-state index contributed by atoms with van der Waals surface area (Å²) < 4.78 is 5.42. The molecule has 0 amide bonds. The molecule has 2 aromatic heterocycles. The smallest absolute Gasteiger partial charge is 0.161 e. The number of rotatable bonds is 3. The minimum Gasteiger partial charge on any atom is -0.495 e. The quantitative estimate of drug-likeness (QED) is 0.799. The number of nitrogens with zero attached hydrogens (tertiary/aromatic N) is 3. The zero-order valence-corrected chi connectivity index (χ0v) is 12.3. The largest absolute Gasteiger partial charge is 0.495 e. The van der Waals surface area contributed by atoms with E-state index >= 15 is 0 Å². The van der Waals surface area contributed by atoms with E-state index in [2.05, 4.69) is 40.2 Å².